The minimum absolute atomic E-state index is 0.0364. The highest BCUT2D eigenvalue weighted by Gasteiger charge is 2.63. The van der Waals surface area contributed by atoms with Crippen molar-refractivity contribution in [3.63, 3.8) is 0 Å². The molecule has 0 radical (unpaired) electrons. The molecule has 4 aliphatic rings. The Morgan fingerprint density at radius 2 is 2.15 bits per heavy atom. The van der Waals surface area contributed by atoms with E-state index in [1.54, 1.807) is 24.3 Å². The summed E-state index contributed by atoms with van der Waals surface area (Å²) < 4.78 is 33.5. The van der Waals surface area contributed by atoms with Gasteiger partial charge in [0.05, 0.1) is 23.5 Å². The zero-order valence-corrected chi connectivity index (χ0v) is 16.5. The van der Waals surface area contributed by atoms with Gasteiger partial charge in [-0.3, -0.25) is 4.79 Å². The van der Waals surface area contributed by atoms with Crippen molar-refractivity contribution in [2.45, 2.75) is 42.6 Å². The van der Waals surface area contributed by atoms with Gasteiger partial charge in [-0.2, -0.15) is 0 Å². The van der Waals surface area contributed by atoms with Crippen LogP contribution < -0.4 is 4.72 Å². The van der Waals surface area contributed by atoms with Gasteiger partial charge in [-0.25, -0.2) is 13.1 Å². The Morgan fingerprint density at radius 3 is 2.89 bits per heavy atom. The van der Waals surface area contributed by atoms with Gasteiger partial charge >= 0.3 is 0 Å². The Balaban J connectivity index is 1.32. The van der Waals surface area contributed by atoms with Crippen LogP contribution in [0.4, 0.5) is 0 Å². The molecule has 3 saturated heterocycles. The Morgan fingerprint density at radius 1 is 1.33 bits per heavy atom. The van der Waals surface area contributed by atoms with E-state index in [-0.39, 0.29) is 34.7 Å². The molecule has 0 unspecified atom stereocenters. The monoisotopic (exact) mass is 410 g/mol. The van der Waals surface area contributed by atoms with E-state index in [4.69, 9.17) is 16.3 Å². The molecule has 4 fully saturated rings. The van der Waals surface area contributed by atoms with Gasteiger partial charge in [0, 0.05) is 35.5 Å². The molecule has 1 saturated carbocycles. The number of halogens is 1. The molecule has 3 aliphatic heterocycles. The lowest BCUT2D eigenvalue weighted by Gasteiger charge is -2.29. The molecule has 3 heterocycles. The van der Waals surface area contributed by atoms with Crippen molar-refractivity contribution in [3.05, 3.63) is 34.9 Å². The van der Waals surface area contributed by atoms with Crippen molar-refractivity contribution in [2.24, 2.45) is 11.8 Å². The summed E-state index contributed by atoms with van der Waals surface area (Å²) in [6.07, 6.45) is 3.49. The number of amides is 1. The third-order valence-electron chi connectivity index (χ3n) is 6.63. The number of benzene rings is 1. The van der Waals surface area contributed by atoms with Gasteiger partial charge in [-0.15, -0.1) is 0 Å². The van der Waals surface area contributed by atoms with Gasteiger partial charge < -0.3 is 9.64 Å². The van der Waals surface area contributed by atoms with Crippen LogP contribution in [0.15, 0.2) is 24.3 Å². The molecule has 1 aromatic carbocycles. The summed E-state index contributed by atoms with van der Waals surface area (Å²) in [6, 6.07) is 7.00. The molecule has 146 valence electrons. The molecule has 1 amide bonds. The van der Waals surface area contributed by atoms with Gasteiger partial charge in [0.15, 0.2) is 0 Å². The smallest absolute Gasteiger partial charge is 0.254 e. The fourth-order valence-electron chi connectivity index (χ4n) is 5.13. The first-order chi connectivity index (χ1) is 12.9. The maximum absolute atomic E-state index is 12.9. The molecule has 8 heteroatoms. The molecule has 5 rings (SSSR count). The molecule has 1 spiro atoms. The molecule has 1 N–H and O–H groups in total. The number of nitrogens with zero attached hydrogens (tertiary/aromatic N) is 1. The number of sulfonamides is 1. The first-order valence-corrected chi connectivity index (χ1v) is 11.5. The van der Waals surface area contributed by atoms with Crippen LogP contribution in [0.2, 0.25) is 5.02 Å². The van der Waals surface area contributed by atoms with E-state index in [1.165, 1.54) is 0 Å². The van der Waals surface area contributed by atoms with E-state index < -0.39 is 10.0 Å². The van der Waals surface area contributed by atoms with E-state index in [2.05, 4.69) is 4.72 Å². The highest BCUT2D eigenvalue weighted by molar-refractivity contribution is 7.90. The summed E-state index contributed by atoms with van der Waals surface area (Å²) in [7, 11) is -3.20. The second-order valence-electron chi connectivity index (χ2n) is 8.32. The lowest BCUT2D eigenvalue weighted by Crippen LogP contribution is -2.42. The normalized spacial score (nSPS) is 34.9. The van der Waals surface area contributed by atoms with Crippen molar-refractivity contribution in [2.75, 3.05) is 19.6 Å². The van der Waals surface area contributed by atoms with Crippen molar-refractivity contribution in [1.29, 1.82) is 0 Å². The van der Waals surface area contributed by atoms with Crippen molar-refractivity contribution in [1.82, 2.24) is 9.62 Å². The highest BCUT2D eigenvalue weighted by atomic mass is 35.5. The minimum atomic E-state index is -3.20. The predicted octanol–water partition coefficient (Wildman–Crippen LogP) is 2.04. The average molecular weight is 411 g/mol. The fraction of sp³-hybridized carbons (Fsp3) is 0.632. The summed E-state index contributed by atoms with van der Waals surface area (Å²) >= 11 is 6.03. The zero-order chi connectivity index (χ0) is 18.8. The van der Waals surface area contributed by atoms with Crippen LogP contribution >= 0.6 is 11.6 Å². The molecular formula is C19H23ClN2O4S. The molecule has 27 heavy (non-hydrogen) atoms. The Kier molecular flexibility index (Phi) is 4.10. The Labute approximate surface area is 164 Å². The van der Waals surface area contributed by atoms with Crippen LogP contribution in [0.25, 0.3) is 0 Å². The number of carbonyl (C=O) groups excluding carboxylic acids is 1. The van der Waals surface area contributed by atoms with Gasteiger partial charge in [0.25, 0.3) is 5.91 Å². The molecule has 0 aromatic heterocycles. The number of nitrogens with one attached hydrogen (secondary N) is 1. The van der Waals surface area contributed by atoms with Crippen LogP contribution in [-0.4, -0.2) is 55.8 Å². The topological polar surface area (TPSA) is 75.7 Å². The maximum atomic E-state index is 12.9. The van der Waals surface area contributed by atoms with E-state index in [0.29, 0.717) is 30.2 Å². The highest BCUT2D eigenvalue weighted by Crippen LogP contribution is 2.54. The van der Waals surface area contributed by atoms with Crippen LogP contribution in [0, 0.1) is 11.8 Å². The van der Waals surface area contributed by atoms with Crippen LogP contribution in [0.5, 0.6) is 0 Å². The van der Waals surface area contributed by atoms with Crippen LogP contribution in [0.3, 0.4) is 0 Å². The number of fused-ring (bicyclic) bond motifs is 1. The van der Waals surface area contributed by atoms with Crippen molar-refractivity contribution >= 4 is 27.5 Å². The van der Waals surface area contributed by atoms with Gasteiger partial charge in [-0.05, 0) is 43.9 Å². The van der Waals surface area contributed by atoms with Gasteiger partial charge in [0.2, 0.25) is 10.0 Å². The SMILES string of the molecule is O=C(c1cccc(Cl)c1)N1C[C@@H]2[C@H](CNS(=O)(=O)C3CC3)[C@H]3CC[C@]2(C1)O3. The van der Waals surface area contributed by atoms with E-state index in [1.807, 2.05) is 4.90 Å². The molecule has 4 atom stereocenters. The van der Waals surface area contributed by atoms with E-state index in [9.17, 15) is 13.2 Å². The predicted molar refractivity (Wildman–Crippen MR) is 101 cm³/mol. The van der Waals surface area contributed by atoms with Crippen molar-refractivity contribution < 1.29 is 17.9 Å². The number of hydrogen-bond donors (Lipinski definition) is 1. The molecular weight excluding hydrogens is 388 g/mol. The van der Waals surface area contributed by atoms with Crippen molar-refractivity contribution in [3.8, 4) is 0 Å². The number of rotatable bonds is 5. The summed E-state index contributed by atoms with van der Waals surface area (Å²) in [6.45, 7) is 1.60. The fourth-order valence-corrected chi connectivity index (χ4v) is 6.74. The Hall–Kier alpha value is -1.15. The zero-order valence-electron chi connectivity index (χ0n) is 14.9. The number of hydrogen-bond acceptors (Lipinski definition) is 4. The van der Waals surface area contributed by atoms with Gasteiger partial charge in [0.1, 0.15) is 0 Å². The summed E-state index contributed by atoms with van der Waals surface area (Å²) in [5.74, 6) is 0.274. The summed E-state index contributed by atoms with van der Waals surface area (Å²) in [5, 5.41) is 0.332. The second kappa shape index (κ2) is 6.17. The number of likely N-dealkylation sites (tertiary alicyclic amines) is 1. The van der Waals surface area contributed by atoms with E-state index >= 15 is 0 Å². The standard InChI is InChI=1S/C19H23ClN2O4S/c20-13-3-1-2-12(8-13)18(23)22-10-16-15(9-21-27(24,25)14-4-5-14)17-6-7-19(16,11-22)26-17/h1-3,8,14-17,21H,4-7,9-11H2/t15-,16+,17+,19+/m0/s1. The first kappa shape index (κ1) is 17.9. The number of ether oxygens (including phenoxy) is 1. The van der Waals surface area contributed by atoms with Crippen LogP contribution in [-0.2, 0) is 14.8 Å². The third kappa shape index (κ3) is 2.99. The maximum Gasteiger partial charge on any atom is 0.254 e. The number of carbonyl (C=O) groups is 1. The molecule has 1 aliphatic carbocycles. The molecule has 6 nitrogen and oxygen atoms in total. The van der Waals surface area contributed by atoms with Crippen LogP contribution in [0.1, 0.15) is 36.0 Å². The minimum Gasteiger partial charge on any atom is -0.369 e. The lowest BCUT2D eigenvalue weighted by atomic mass is 9.74. The lowest BCUT2D eigenvalue weighted by molar-refractivity contribution is 0.00325. The summed E-state index contributed by atoms with van der Waals surface area (Å²) in [5.41, 5.74) is 0.272. The van der Waals surface area contributed by atoms with E-state index in [0.717, 1.165) is 25.7 Å². The third-order valence-corrected chi connectivity index (χ3v) is 8.78. The van der Waals surface area contributed by atoms with Gasteiger partial charge in [-0.1, -0.05) is 17.7 Å². The molecule has 1 aromatic rings. The second-order valence-corrected chi connectivity index (χ2v) is 10.8. The Bertz CT molecular complexity index is 887. The summed E-state index contributed by atoms with van der Waals surface area (Å²) in [4.78, 5) is 14.8. The average Bonchev–Trinajstić information content (AvgIpc) is 3.25. The first-order valence-electron chi connectivity index (χ1n) is 9.59. The largest absolute Gasteiger partial charge is 0.369 e. The molecule has 2 bridgehead atoms. The quantitative estimate of drug-likeness (QED) is 0.806.